The first-order valence-corrected chi connectivity index (χ1v) is 6.36. The number of anilines is 3. The van der Waals surface area contributed by atoms with Crippen LogP contribution < -0.4 is 11.1 Å². The number of aryl methyl sites for hydroxylation is 1. The molecule has 0 fully saturated rings. The van der Waals surface area contributed by atoms with Gasteiger partial charge in [-0.15, -0.1) is 0 Å². The lowest BCUT2D eigenvalue weighted by Crippen LogP contribution is -2.00. The van der Waals surface area contributed by atoms with Gasteiger partial charge in [-0.05, 0) is 24.1 Å². The molecule has 2 rings (SSSR count). The SMILES string of the molecule is CCCc1ccc(Nc2cc([N+](=O)[O-])cc(N)n2)cc1. The highest BCUT2D eigenvalue weighted by molar-refractivity contribution is 5.61. The zero-order chi connectivity index (χ0) is 14.5. The Morgan fingerprint density at radius 2 is 2.00 bits per heavy atom. The maximum Gasteiger partial charge on any atom is 0.276 e. The van der Waals surface area contributed by atoms with E-state index < -0.39 is 4.92 Å². The Balaban J connectivity index is 2.19. The zero-order valence-electron chi connectivity index (χ0n) is 11.2. The lowest BCUT2D eigenvalue weighted by atomic mass is 10.1. The van der Waals surface area contributed by atoms with Crippen LogP contribution in [0.1, 0.15) is 18.9 Å². The molecule has 0 unspecified atom stereocenters. The summed E-state index contributed by atoms with van der Waals surface area (Å²) in [7, 11) is 0. The highest BCUT2D eigenvalue weighted by Crippen LogP contribution is 2.22. The third-order valence-electron chi connectivity index (χ3n) is 2.81. The Morgan fingerprint density at radius 1 is 1.30 bits per heavy atom. The number of benzene rings is 1. The molecule has 1 aromatic heterocycles. The predicted molar refractivity (Wildman–Crippen MR) is 79.0 cm³/mol. The number of nitrogens with zero attached hydrogens (tertiary/aromatic N) is 2. The number of nitrogen functional groups attached to an aromatic ring is 1. The fourth-order valence-electron chi connectivity index (χ4n) is 1.90. The summed E-state index contributed by atoms with van der Waals surface area (Å²) < 4.78 is 0. The second kappa shape index (κ2) is 6.01. The van der Waals surface area contributed by atoms with Gasteiger partial charge in [0.25, 0.3) is 5.69 Å². The minimum absolute atomic E-state index is 0.0809. The molecule has 2 aromatic rings. The molecule has 1 aromatic carbocycles. The number of nitro groups is 1. The molecule has 0 aliphatic rings. The van der Waals surface area contributed by atoms with Crippen molar-refractivity contribution in [1.82, 2.24) is 4.98 Å². The average Bonchev–Trinajstić information content (AvgIpc) is 2.40. The maximum absolute atomic E-state index is 10.8. The first kappa shape index (κ1) is 13.8. The molecular weight excluding hydrogens is 256 g/mol. The van der Waals surface area contributed by atoms with Crippen LogP contribution in [0.4, 0.5) is 23.0 Å². The average molecular weight is 272 g/mol. The smallest absolute Gasteiger partial charge is 0.276 e. The summed E-state index contributed by atoms with van der Waals surface area (Å²) >= 11 is 0. The molecule has 1 heterocycles. The highest BCUT2D eigenvalue weighted by atomic mass is 16.6. The van der Waals surface area contributed by atoms with Gasteiger partial charge in [0.1, 0.15) is 11.6 Å². The van der Waals surface area contributed by atoms with Crippen LogP contribution in [0.2, 0.25) is 0 Å². The van der Waals surface area contributed by atoms with Crippen molar-refractivity contribution in [2.45, 2.75) is 19.8 Å². The van der Waals surface area contributed by atoms with E-state index in [0.29, 0.717) is 5.82 Å². The van der Waals surface area contributed by atoms with Crippen molar-refractivity contribution in [3.63, 3.8) is 0 Å². The van der Waals surface area contributed by atoms with Gasteiger partial charge in [-0.25, -0.2) is 4.98 Å². The van der Waals surface area contributed by atoms with E-state index in [9.17, 15) is 10.1 Å². The van der Waals surface area contributed by atoms with E-state index in [1.54, 1.807) is 0 Å². The van der Waals surface area contributed by atoms with E-state index in [2.05, 4.69) is 17.2 Å². The fraction of sp³-hybridized carbons (Fsp3) is 0.214. The van der Waals surface area contributed by atoms with Gasteiger partial charge in [0.15, 0.2) is 0 Å². The maximum atomic E-state index is 10.8. The van der Waals surface area contributed by atoms with E-state index in [4.69, 9.17) is 5.73 Å². The highest BCUT2D eigenvalue weighted by Gasteiger charge is 2.09. The Kier molecular flexibility index (Phi) is 4.14. The van der Waals surface area contributed by atoms with E-state index in [-0.39, 0.29) is 11.5 Å². The van der Waals surface area contributed by atoms with E-state index >= 15 is 0 Å². The van der Waals surface area contributed by atoms with Crippen molar-refractivity contribution in [2.75, 3.05) is 11.1 Å². The molecule has 0 spiro atoms. The van der Waals surface area contributed by atoms with E-state index in [1.807, 2.05) is 24.3 Å². The summed E-state index contributed by atoms with van der Waals surface area (Å²) in [5.74, 6) is 0.476. The molecule has 0 aliphatic heterocycles. The van der Waals surface area contributed by atoms with Gasteiger partial charge in [-0.3, -0.25) is 10.1 Å². The second-order valence-electron chi connectivity index (χ2n) is 4.46. The number of nitrogens with one attached hydrogen (secondary N) is 1. The molecule has 0 amide bonds. The van der Waals surface area contributed by atoms with Gasteiger partial charge in [0.05, 0.1) is 17.1 Å². The summed E-state index contributed by atoms with van der Waals surface area (Å²) in [5, 5.41) is 13.8. The molecule has 0 aliphatic carbocycles. The predicted octanol–water partition coefficient (Wildman–Crippen LogP) is 3.27. The molecule has 0 radical (unpaired) electrons. The van der Waals surface area contributed by atoms with Gasteiger partial charge in [0.2, 0.25) is 0 Å². The molecule has 0 bridgehead atoms. The van der Waals surface area contributed by atoms with Crippen LogP contribution in [0.5, 0.6) is 0 Å². The third kappa shape index (κ3) is 3.44. The van der Waals surface area contributed by atoms with Gasteiger partial charge in [-0.2, -0.15) is 0 Å². The van der Waals surface area contributed by atoms with Crippen LogP contribution in [0, 0.1) is 10.1 Å². The molecule has 3 N–H and O–H groups in total. The van der Waals surface area contributed by atoms with Crippen LogP contribution in [-0.2, 0) is 6.42 Å². The number of pyridine rings is 1. The molecule has 0 atom stereocenters. The van der Waals surface area contributed by atoms with Crippen LogP contribution in [-0.4, -0.2) is 9.91 Å². The number of hydrogen-bond donors (Lipinski definition) is 2. The summed E-state index contributed by atoms with van der Waals surface area (Å²) in [4.78, 5) is 14.3. The van der Waals surface area contributed by atoms with Crippen molar-refractivity contribution in [3.05, 3.63) is 52.1 Å². The number of aromatic nitrogens is 1. The van der Waals surface area contributed by atoms with Gasteiger partial charge < -0.3 is 11.1 Å². The quantitative estimate of drug-likeness (QED) is 0.643. The summed E-state index contributed by atoms with van der Waals surface area (Å²) in [5.41, 5.74) is 7.55. The molecule has 6 heteroatoms. The van der Waals surface area contributed by atoms with Crippen LogP contribution in [0.25, 0.3) is 0 Å². The standard InChI is InChI=1S/C14H16N4O2/c1-2-3-10-4-6-11(7-5-10)16-14-9-12(18(19)20)8-13(15)17-14/h4-9H,2-3H2,1H3,(H3,15,16,17). The second-order valence-corrected chi connectivity index (χ2v) is 4.46. The Hall–Kier alpha value is -2.63. The zero-order valence-corrected chi connectivity index (χ0v) is 11.2. The van der Waals surface area contributed by atoms with E-state index in [0.717, 1.165) is 18.5 Å². The Bertz CT molecular complexity index is 611. The monoisotopic (exact) mass is 272 g/mol. The lowest BCUT2D eigenvalue weighted by Gasteiger charge is -2.07. The van der Waals surface area contributed by atoms with Crippen molar-refractivity contribution in [2.24, 2.45) is 0 Å². The summed E-state index contributed by atoms with van der Waals surface area (Å²) in [6, 6.07) is 10.5. The van der Waals surface area contributed by atoms with Crippen LogP contribution >= 0.6 is 0 Å². The fourth-order valence-corrected chi connectivity index (χ4v) is 1.90. The molecule has 104 valence electrons. The number of nitrogens with two attached hydrogens (primary N) is 1. The molecular formula is C14H16N4O2. The minimum atomic E-state index is -0.492. The third-order valence-corrected chi connectivity index (χ3v) is 2.81. The van der Waals surface area contributed by atoms with Crippen molar-refractivity contribution < 1.29 is 4.92 Å². The first-order chi connectivity index (χ1) is 9.58. The molecule has 20 heavy (non-hydrogen) atoms. The number of rotatable bonds is 5. The van der Waals surface area contributed by atoms with Crippen molar-refractivity contribution in [1.29, 1.82) is 0 Å². The van der Waals surface area contributed by atoms with Gasteiger partial charge >= 0.3 is 0 Å². The van der Waals surface area contributed by atoms with Crippen LogP contribution in [0.3, 0.4) is 0 Å². The summed E-state index contributed by atoms with van der Waals surface area (Å²) in [6.45, 7) is 2.13. The van der Waals surface area contributed by atoms with Gasteiger partial charge in [-0.1, -0.05) is 25.5 Å². The van der Waals surface area contributed by atoms with E-state index in [1.165, 1.54) is 17.7 Å². The Morgan fingerprint density at radius 3 is 2.60 bits per heavy atom. The van der Waals surface area contributed by atoms with Gasteiger partial charge in [0, 0.05) is 5.69 Å². The van der Waals surface area contributed by atoms with Crippen LogP contribution in [0.15, 0.2) is 36.4 Å². The minimum Gasteiger partial charge on any atom is -0.383 e. The van der Waals surface area contributed by atoms with Crippen molar-refractivity contribution >= 4 is 23.0 Å². The number of hydrogen-bond acceptors (Lipinski definition) is 5. The first-order valence-electron chi connectivity index (χ1n) is 6.36. The molecule has 0 saturated heterocycles. The summed E-state index contributed by atoms with van der Waals surface area (Å²) in [6.07, 6.45) is 2.12. The largest absolute Gasteiger partial charge is 0.383 e. The van der Waals surface area contributed by atoms with Crippen molar-refractivity contribution in [3.8, 4) is 0 Å². The molecule has 6 nitrogen and oxygen atoms in total. The lowest BCUT2D eigenvalue weighted by molar-refractivity contribution is -0.384. The normalized spacial score (nSPS) is 10.2. The molecule has 0 saturated carbocycles. The Labute approximate surface area is 116 Å². The topological polar surface area (TPSA) is 94.1 Å².